The molecule has 2 rings (SSSR count). The maximum Gasteiger partial charge on any atom is 0.353 e. The molecule has 25 heavy (non-hydrogen) atoms. The standard InChI is InChI=1S/C16H18N4O4S/c1-19(2)13-6-4-12(5-7-13)17-16(21)18-25(3,24)15-10-8-14(9-11-15)20(22)23/h4-11H,1-3H3,(H,17,21). The fraction of sp³-hybridized carbons (Fsp3) is 0.188. The van der Waals surface area contributed by atoms with Crippen LogP contribution in [0.25, 0.3) is 0 Å². The van der Waals surface area contributed by atoms with Crippen molar-refractivity contribution in [1.29, 1.82) is 0 Å². The summed E-state index contributed by atoms with van der Waals surface area (Å²) in [6.45, 7) is 0. The number of nitrogens with one attached hydrogen (secondary N) is 1. The minimum atomic E-state index is -3.01. The zero-order valence-corrected chi connectivity index (χ0v) is 14.8. The van der Waals surface area contributed by atoms with E-state index in [1.54, 1.807) is 12.1 Å². The third-order valence-corrected chi connectivity index (χ3v) is 5.04. The Morgan fingerprint density at radius 1 is 1.12 bits per heavy atom. The van der Waals surface area contributed by atoms with Crippen molar-refractivity contribution in [2.45, 2.75) is 4.90 Å². The molecule has 0 fully saturated rings. The van der Waals surface area contributed by atoms with E-state index in [1.807, 2.05) is 31.1 Å². The summed E-state index contributed by atoms with van der Waals surface area (Å²) in [7, 11) is 0.793. The van der Waals surface area contributed by atoms with Crippen LogP contribution in [0.2, 0.25) is 0 Å². The highest BCUT2D eigenvalue weighted by atomic mass is 32.2. The maximum absolute atomic E-state index is 12.6. The third kappa shape index (κ3) is 4.77. The molecule has 0 saturated heterocycles. The fourth-order valence-electron chi connectivity index (χ4n) is 2.02. The van der Waals surface area contributed by atoms with Gasteiger partial charge < -0.3 is 10.2 Å². The molecule has 1 atom stereocenters. The lowest BCUT2D eigenvalue weighted by atomic mass is 10.2. The summed E-state index contributed by atoms with van der Waals surface area (Å²) in [6, 6.07) is 11.5. The Balaban J connectivity index is 2.17. The van der Waals surface area contributed by atoms with Crippen molar-refractivity contribution < 1.29 is 13.9 Å². The molecule has 9 heteroatoms. The van der Waals surface area contributed by atoms with Crippen molar-refractivity contribution in [3.05, 3.63) is 58.6 Å². The Morgan fingerprint density at radius 2 is 1.68 bits per heavy atom. The van der Waals surface area contributed by atoms with Crippen LogP contribution in [0, 0.1) is 10.1 Å². The van der Waals surface area contributed by atoms with Crippen LogP contribution in [0.5, 0.6) is 0 Å². The normalized spacial score (nSPS) is 12.8. The molecule has 8 nitrogen and oxygen atoms in total. The largest absolute Gasteiger partial charge is 0.378 e. The van der Waals surface area contributed by atoms with Crippen LogP contribution in [-0.4, -0.2) is 35.5 Å². The first-order chi connectivity index (χ1) is 11.7. The second-order valence-corrected chi connectivity index (χ2v) is 7.78. The van der Waals surface area contributed by atoms with Gasteiger partial charge in [0.2, 0.25) is 0 Å². The minimum Gasteiger partial charge on any atom is -0.378 e. The number of anilines is 2. The van der Waals surface area contributed by atoms with Gasteiger partial charge in [-0.1, -0.05) is 0 Å². The van der Waals surface area contributed by atoms with Gasteiger partial charge in [0, 0.05) is 48.8 Å². The van der Waals surface area contributed by atoms with E-state index in [0.29, 0.717) is 5.69 Å². The fourth-order valence-corrected chi connectivity index (χ4v) is 3.13. The van der Waals surface area contributed by atoms with Gasteiger partial charge in [0.25, 0.3) is 5.69 Å². The van der Waals surface area contributed by atoms with E-state index in [-0.39, 0.29) is 10.6 Å². The Hall–Kier alpha value is -2.94. The molecule has 0 spiro atoms. The molecular formula is C16H18N4O4S. The van der Waals surface area contributed by atoms with Crippen LogP contribution in [0.15, 0.2) is 57.8 Å². The highest BCUT2D eigenvalue weighted by Crippen LogP contribution is 2.19. The Kier molecular flexibility index (Phi) is 5.38. The van der Waals surface area contributed by atoms with Crippen molar-refractivity contribution in [3.63, 3.8) is 0 Å². The molecule has 132 valence electrons. The number of nitrogens with zero attached hydrogens (tertiary/aromatic N) is 3. The van der Waals surface area contributed by atoms with Crippen LogP contribution in [0.1, 0.15) is 0 Å². The first-order valence-corrected chi connectivity index (χ1v) is 9.16. The number of carbonyl (C=O) groups is 1. The van der Waals surface area contributed by atoms with Crippen molar-refractivity contribution in [3.8, 4) is 0 Å². The molecule has 0 aliphatic rings. The summed E-state index contributed by atoms with van der Waals surface area (Å²) < 4.78 is 16.3. The smallest absolute Gasteiger partial charge is 0.353 e. The lowest BCUT2D eigenvalue weighted by Gasteiger charge is -2.12. The SMILES string of the molecule is CN(C)c1ccc(NC(=O)N=S(C)(=O)c2ccc([N+](=O)[O-])cc2)cc1. The monoisotopic (exact) mass is 362 g/mol. The topological polar surface area (TPSA) is 105 Å². The summed E-state index contributed by atoms with van der Waals surface area (Å²) in [4.78, 5) is 24.3. The van der Waals surface area contributed by atoms with Gasteiger partial charge in [-0.2, -0.15) is 0 Å². The quantitative estimate of drug-likeness (QED) is 0.663. The molecule has 2 aromatic carbocycles. The molecule has 0 saturated carbocycles. The lowest BCUT2D eigenvalue weighted by molar-refractivity contribution is -0.384. The van der Waals surface area contributed by atoms with Gasteiger partial charge >= 0.3 is 6.03 Å². The second-order valence-electron chi connectivity index (χ2n) is 5.52. The van der Waals surface area contributed by atoms with Crippen LogP contribution in [-0.2, 0) is 9.73 Å². The van der Waals surface area contributed by atoms with Crippen molar-refractivity contribution in [2.75, 3.05) is 30.6 Å². The van der Waals surface area contributed by atoms with Gasteiger partial charge in [-0.3, -0.25) is 10.1 Å². The predicted octanol–water partition coefficient (Wildman–Crippen LogP) is 3.35. The minimum absolute atomic E-state index is 0.121. The first kappa shape index (κ1) is 18.4. The van der Waals surface area contributed by atoms with E-state index in [2.05, 4.69) is 9.68 Å². The third-order valence-electron chi connectivity index (χ3n) is 3.38. The Morgan fingerprint density at radius 3 is 2.16 bits per heavy atom. The summed E-state index contributed by atoms with van der Waals surface area (Å²) >= 11 is 0. The molecule has 0 aliphatic heterocycles. The molecule has 0 aliphatic carbocycles. The van der Waals surface area contributed by atoms with Gasteiger partial charge in [0.05, 0.1) is 14.7 Å². The van der Waals surface area contributed by atoms with Gasteiger partial charge in [0.1, 0.15) is 0 Å². The number of nitro groups is 1. The van der Waals surface area contributed by atoms with Crippen LogP contribution >= 0.6 is 0 Å². The Labute approximate surface area is 145 Å². The van der Waals surface area contributed by atoms with Crippen molar-refractivity contribution in [2.24, 2.45) is 4.36 Å². The second kappa shape index (κ2) is 7.31. The highest BCUT2D eigenvalue weighted by molar-refractivity contribution is 7.93. The number of nitro benzene ring substituents is 1. The first-order valence-electron chi connectivity index (χ1n) is 7.24. The van der Waals surface area contributed by atoms with E-state index in [1.165, 1.54) is 30.5 Å². The summed E-state index contributed by atoms with van der Waals surface area (Å²) in [5.41, 5.74) is 1.38. The molecule has 0 bridgehead atoms. The lowest BCUT2D eigenvalue weighted by Crippen LogP contribution is -2.11. The van der Waals surface area contributed by atoms with Crippen LogP contribution < -0.4 is 10.2 Å². The number of hydrogen-bond acceptors (Lipinski definition) is 5. The van der Waals surface area contributed by atoms with E-state index >= 15 is 0 Å². The van der Waals surface area contributed by atoms with Gasteiger partial charge in [-0.05, 0) is 36.4 Å². The number of rotatable bonds is 4. The molecule has 1 unspecified atom stereocenters. The summed E-state index contributed by atoms with van der Waals surface area (Å²) in [6.07, 6.45) is 1.31. The molecule has 0 radical (unpaired) electrons. The number of benzene rings is 2. The van der Waals surface area contributed by atoms with Crippen molar-refractivity contribution in [1.82, 2.24) is 0 Å². The molecular weight excluding hydrogens is 344 g/mol. The van der Waals surface area contributed by atoms with E-state index in [9.17, 15) is 19.1 Å². The van der Waals surface area contributed by atoms with E-state index in [0.717, 1.165) is 5.69 Å². The molecule has 0 aromatic heterocycles. The zero-order valence-electron chi connectivity index (χ0n) is 14.0. The number of non-ortho nitro benzene ring substituents is 1. The predicted molar refractivity (Wildman–Crippen MR) is 97.6 cm³/mol. The van der Waals surface area contributed by atoms with Crippen molar-refractivity contribution >= 4 is 32.8 Å². The molecule has 2 amide bonds. The molecule has 1 N–H and O–H groups in total. The van der Waals surface area contributed by atoms with Gasteiger partial charge in [-0.15, -0.1) is 4.36 Å². The summed E-state index contributed by atoms with van der Waals surface area (Å²) in [5.74, 6) is 0. The highest BCUT2D eigenvalue weighted by Gasteiger charge is 2.12. The van der Waals surface area contributed by atoms with Gasteiger partial charge in [0.15, 0.2) is 0 Å². The average molecular weight is 362 g/mol. The van der Waals surface area contributed by atoms with Crippen LogP contribution in [0.3, 0.4) is 0 Å². The maximum atomic E-state index is 12.6. The molecule has 0 heterocycles. The zero-order chi connectivity index (χ0) is 18.6. The number of carbonyl (C=O) groups excluding carboxylic acids is 1. The van der Waals surface area contributed by atoms with E-state index in [4.69, 9.17) is 0 Å². The van der Waals surface area contributed by atoms with Crippen LogP contribution in [0.4, 0.5) is 21.9 Å². The molecule has 2 aromatic rings. The number of amides is 2. The number of urea groups is 1. The Bertz CT molecular complexity index is 899. The van der Waals surface area contributed by atoms with Gasteiger partial charge in [-0.25, -0.2) is 9.00 Å². The van der Waals surface area contributed by atoms with E-state index < -0.39 is 20.7 Å². The summed E-state index contributed by atoms with van der Waals surface area (Å²) in [5, 5.41) is 13.2. The average Bonchev–Trinajstić information content (AvgIpc) is 2.54. The number of hydrogen-bond donors (Lipinski definition) is 1.